The second-order valence-electron chi connectivity index (χ2n) is 3.06. The summed E-state index contributed by atoms with van der Waals surface area (Å²) in [6.07, 6.45) is 3.50. The highest BCUT2D eigenvalue weighted by molar-refractivity contribution is 7.80. The Morgan fingerprint density at radius 1 is 1.50 bits per heavy atom. The molecule has 0 saturated carbocycles. The van der Waals surface area contributed by atoms with Crippen LogP contribution in [-0.4, -0.2) is 42.3 Å². The second-order valence-corrected chi connectivity index (χ2v) is 3.47. The van der Waals surface area contributed by atoms with Crippen molar-refractivity contribution in [3.63, 3.8) is 0 Å². The van der Waals surface area contributed by atoms with Crippen LogP contribution in [0.5, 0.6) is 0 Å². The van der Waals surface area contributed by atoms with Crippen LogP contribution in [0.2, 0.25) is 0 Å². The van der Waals surface area contributed by atoms with Crippen molar-refractivity contribution >= 4 is 23.0 Å². The molecule has 0 aliphatic rings. The molecule has 0 aliphatic carbocycles. The van der Waals surface area contributed by atoms with Gasteiger partial charge in [0.25, 0.3) is 0 Å². The van der Waals surface area contributed by atoms with Crippen LogP contribution < -0.4 is 10.6 Å². The normalized spacial score (nSPS) is 10.1. The summed E-state index contributed by atoms with van der Waals surface area (Å²) in [6, 6.07) is 0. The van der Waals surface area contributed by atoms with Gasteiger partial charge in [0.1, 0.15) is 6.73 Å². The smallest absolute Gasteiger partial charge is 0.170 e. The molecule has 1 aromatic heterocycles. The van der Waals surface area contributed by atoms with Crippen molar-refractivity contribution in [2.24, 2.45) is 0 Å². The van der Waals surface area contributed by atoms with E-state index in [4.69, 9.17) is 21.7 Å². The van der Waals surface area contributed by atoms with Gasteiger partial charge < -0.3 is 20.1 Å². The Balaban J connectivity index is 2.31. The lowest BCUT2D eigenvalue weighted by Gasteiger charge is -2.07. The number of nitrogens with zero attached hydrogens (tertiary/aromatic N) is 2. The average molecular weight is 244 g/mol. The number of hydrogen-bond acceptors (Lipinski definition) is 4. The van der Waals surface area contributed by atoms with Crippen molar-refractivity contribution in [1.82, 2.24) is 15.1 Å². The second kappa shape index (κ2) is 7.15. The Kier molecular flexibility index (Phi) is 5.76. The Morgan fingerprint density at radius 3 is 3.00 bits per heavy atom. The largest absolute Gasteiger partial charge is 0.383 e. The summed E-state index contributed by atoms with van der Waals surface area (Å²) >= 11 is 5.08. The van der Waals surface area contributed by atoms with Crippen LogP contribution in [0.15, 0.2) is 12.4 Å². The minimum absolute atomic E-state index is 0.422. The first-order chi connectivity index (χ1) is 7.76. The first kappa shape index (κ1) is 12.9. The van der Waals surface area contributed by atoms with E-state index in [0.29, 0.717) is 25.0 Å². The summed E-state index contributed by atoms with van der Waals surface area (Å²) in [5.41, 5.74) is 0.826. The van der Waals surface area contributed by atoms with E-state index in [1.54, 1.807) is 25.1 Å². The van der Waals surface area contributed by atoms with E-state index in [-0.39, 0.29) is 0 Å². The highest BCUT2D eigenvalue weighted by atomic mass is 32.1. The zero-order chi connectivity index (χ0) is 11.8. The van der Waals surface area contributed by atoms with Gasteiger partial charge in [-0.25, -0.2) is 4.68 Å². The summed E-state index contributed by atoms with van der Waals surface area (Å²) in [6.45, 7) is 1.71. The van der Waals surface area contributed by atoms with Crippen molar-refractivity contribution in [2.75, 3.05) is 32.7 Å². The van der Waals surface area contributed by atoms with Gasteiger partial charge in [-0.05, 0) is 12.2 Å². The molecule has 0 bridgehead atoms. The predicted molar refractivity (Wildman–Crippen MR) is 65.3 cm³/mol. The van der Waals surface area contributed by atoms with Gasteiger partial charge in [-0.2, -0.15) is 5.10 Å². The lowest BCUT2D eigenvalue weighted by Crippen LogP contribution is -2.30. The van der Waals surface area contributed by atoms with Crippen molar-refractivity contribution in [1.29, 1.82) is 0 Å². The van der Waals surface area contributed by atoms with Crippen molar-refractivity contribution in [3.8, 4) is 0 Å². The molecule has 0 aromatic carbocycles. The Hall–Kier alpha value is -1.18. The topological polar surface area (TPSA) is 60.3 Å². The molecule has 1 heterocycles. The minimum Gasteiger partial charge on any atom is -0.383 e. The Morgan fingerprint density at radius 2 is 2.31 bits per heavy atom. The molecule has 1 rings (SSSR count). The minimum atomic E-state index is 0.422. The van der Waals surface area contributed by atoms with E-state index in [9.17, 15) is 0 Å². The molecule has 0 atom stereocenters. The number of aromatic nitrogens is 2. The third-order valence-electron chi connectivity index (χ3n) is 1.74. The molecular weight excluding hydrogens is 228 g/mol. The molecule has 16 heavy (non-hydrogen) atoms. The van der Waals surface area contributed by atoms with Gasteiger partial charge in [0.2, 0.25) is 0 Å². The van der Waals surface area contributed by atoms with Crippen LogP contribution in [0.3, 0.4) is 0 Å². The summed E-state index contributed by atoms with van der Waals surface area (Å²) in [5, 5.41) is 10.6. The van der Waals surface area contributed by atoms with Gasteiger partial charge >= 0.3 is 0 Å². The third kappa shape index (κ3) is 4.56. The van der Waals surface area contributed by atoms with Gasteiger partial charge in [-0.15, -0.1) is 0 Å². The fraction of sp³-hybridized carbons (Fsp3) is 0.556. The van der Waals surface area contributed by atoms with Crippen LogP contribution in [-0.2, 0) is 16.2 Å². The molecule has 2 N–H and O–H groups in total. The molecule has 0 spiro atoms. The zero-order valence-electron chi connectivity index (χ0n) is 9.40. The number of ether oxygens (including phenoxy) is 2. The molecule has 0 aliphatic heterocycles. The Bertz CT molecular complexity index is 329. The molecule has 90 valence electrons. The maximum Gasteiger partial charge on any atom is 0.170 e. The van der Waals surface area contributed by atoms with Gasteiger partial charge in [0.15, 0.2) is 5.11 Å². The van der Waals surface area contributed by atoms with Crippen LogP contribution in [0, 0.1) is 0 Å². The summed E-state index contributed by atoms with van der Waals surface area (Å²) in [4.78, 5) is 0. The van der Waals surface area contributed by atoms with Crippen molar-refractivity contribution < 1.29 is 9.47 Å². The fourth-order valence-electron chi connectivity index (χ4n) is 1.07. The first-order valence-corrected chi connectivity index (χ1v) is 5.22. The molecule has 0 radical (unpaired) electrons. The summed E-state index contributed by atoms with van der Waals surface area (Å²) in [5.74, 6) is 0. The highest BCUT2D eigenvalue weighted by Crippen LogP contribution is 2.04. The lowest BCUT2D eigenvalue weighted by atomic mass is 10.6. The van der Waals surface area contributed by atoms with Crippen LogP contribution in [0.25, 0.3) is 0 Å². The molecule has 0 amide bonds. The maximum absolute atomic E-state index is 5.08. The average Bonchev–Trinajstić information content (AvgIpc) is 2.66. The maximum atomic E-state index is 5.08. The fourth-order valence-corrected chi connectivity index (χ4v) is 1.29. The number of methoxy groups -OCH3 is 2. The first-order valence-electron chi connectivity index (χ1n) is 4.81. The van der Waals surface area contributed by atoms with Gasteiger partial charge in [-0.3, -0.25) is 0 Å². The summed E-state index contributed by atoms with van der Waals surface area (Å²) < 4.78 is 11.5. The van der Waals surface area contributed by atoms with E-state index in [1.807, 2.05) is 6.20 Å². The van der Waals surface area contributed by atoms with Crippen LogP contribution in [0.1, 0.15) is 0 Å². The number of rotatable bonds is 6. The summed E-state index contributed by atoms with van der Waals surface area (Å²) in [7, 11) is 3.26. The number of anilines is 1. The molecule has 0 unspecified atom stereocenters. The van der Waals surface area contributed by atoms with E-state index >= 15 is 0 Å². The molecule has 7 heteroatoms. The third-order valence-corrected chi connectivity index (χ3v) is 1.99. The lowest BCUT2D eigenvalue weighted by molar-refractivity contribution is 0.120. The Labute approximate surface area is 99.9 Å². The number of nitrogens with one attached hydrogen (secondary N) is 2. The van der Waals surface area contributed by atoms with E-state index in [0.717, 1.165) is 5.69 Å². The van der Waals surface area contributed by atoms with E-state index < -0.39 is 0 Å². The van der Waals surface area contributed by atoms with Gasteiger partial charge in [0, 0.05) is 20.8 Å². The zero-order valence-corrected chi connectivity index (χ0v) is 10.2. The molecule has 1 aromatic rings. The van der Waals surface area contributed by atoms with E-state index in [2.05, 4.69) is 15.7 Å². The molecule has 6 nitrogen and oxygen atoms in total. The highest BCUT2D eigenvalue weighted by Gasteiger charge is 2.00. The number of hydrogen-bond donors (Lipinski definition) is 2. The SMILES string of the molecule is COCCNC(=S)Nc1cnn(COC)c1. The van der Waals surface area contributed by atoms with E-state index in [1.165, 1.54) is 0 Å². The molecular formula is C9H16N4O2S. The van der Waals surface area contributed by atoms with Crippen LogP contribution in [0.4, 0.5) is 5.69 Å². The molecule has 0 fully saturated rings. The van der Waals surface area contributed by atoms with Crippen molar-refractivity contribution in [2.45, 2.75) is 6.73 Å². The predicted octanol–water partition coefficient (Wildman–Crippen LogP) is 0.420. The van der Waals surface area contributed by atoms with Gasteiger partial charge in [-0.1, -0.05) is 0 Å². The molecule has 0 saturated heterocycles. The standard InChI is InChI=1S/C9H16N4O2S/c1-14-4-3-10-9(16)12-8-5-11-13(6-8)7-15-2/h5-6H,3-4,7H2,1-2H3,(H2,10,12,16). The number of thiocarbonyl (C=S) groups is 1. The van der Waals surface area contributed by atoms with Crippen molar-refractivity contribution in [3.05, 3.63) is 12.4 Å². The quantitative estimate of drug-likeness (QED) is 0.558. The van der Waals surface area contributed by atoms with Gasteiger partial charge in [0.05, 0.1) is 24.7 Å². The monoisotopic (exact) mass is 244 g/mol. The van der Waals surface area contributed by atoms with Crippen LogP contribution >= 0.6 is 12.2 Å².